The van der Waals surface area contributed by atoms with Crippen molar-refractivity contribution in [3.63, 3.8) is 0 Å². The monoisotopic (exact) mass is 490 g/mol. The standard InChI is InChI=1S/C23H27ClN4O4S/c1-30-14-7-13-28-22(17-8-3-4-9-18(17)24)26-27-23(28)33-16-21(29)25-12-15-32-20-11-6-5-10-19(20)31-2/h3-6,8-11H,7,12-16H2,1-2H3,(H,25,29). The summed E-state index contributed by atoms with van der Waals surface area (Å²) in [5, 5.41) is 12.7. The molecule has 0 saturated heterocycles. The minimum absolute atomic E-state index is 0.116. The number of methoxy groups -OCH3 is 2. The SMILES string of the molecule is COCCCn1c(SCC(=O)NCCOc2ccccc2OC)nnc1-c1ccccc1Cl. The van der Waals surface area contributed by atoms with Crippen LogP contribution in [0.2, 0.25) is 5.02 Å². The second-order valence-electron chi connectivity index (χ2n) is 6.92. The average molecular weight is 491 g/mol. The number of hydrogen-bond donors (Lipinski definition) is 1. The van der Waals surface area contributed by atoms with Gasteiger partial charge in [-0.05, 0) is 30.7 Å². The highest BCUT2D eigenvalue weighted by Gasteiger charge is 2.17. The first-order chi connectivity index (χ1) is 16.1. The van der Waals surface area contributed by atoms with Crippen molar-refractivity contribution in [3.05, 3.63) is 53.6 Å². The van der Waals surface area contributed by atoms with E-state index in [0.29, 0.717) is 53.8 Å². The number of nitrogens with one attached hydrogen (secondary N) is 1. The summed E-state index contributed by atoms with van der Waals surface area (Å²) in [5.41, 5.74) is 0.800. The third kappa shape index (κ3) is 7.12. The van der Waals surface area contributed by atoms with Gasteiger partial charge in [-0.1, -0.05) is 47.6 Å². The number of rotatable bonds is 13. The first-order valence-corrected chi connectivity index (χ1v) is 11.8. The van der Waals surface area contributed by atoms with Crippen LogP contribution >= 0.6 is 23.4 Å². The third-order valence-electron chi connectivity index (χ3n) is 4.65. The first kappa shape index (κ1) is 24.9. The summed E-state index contributed by atoms with van der Waals surface area (Å²) >= 11 is 7.69. The molecular formula is C23H27ClN4O4S. The Morgan fingerprint density at radius 2 is 1.82 bits per heavy atom. The molecule has 1 amide bonds. The first-order valence-electron chi connectivity index (χ1n) is 10.5. The van der Waals surface area contributed by atoms with Crippen LogP contribution in [-0.4, -0.2) is 60.4 Å². The van der Waals surface area contributed by atoms with Gasteiger partial charge in [0.1, 0.15) is 6.61 Å². The number of benzene rings is 2. The molecule has 8 nitrogen and oxygen atoms in total. The van der Waals surface area contributed by atoms with Gasteiger partial charge in [0.15, 0.2) is 22.5 Å². The molecule has 1 N–H and O–H groups in total. The molecule has 3 aromatic rings. The number of para-hydroxylation sites is 2. The summed E-state index contributed by atoms with van der Waals surface area (Å²) in [6, 6.07) is 14.9. The van der Waals surface area contributed by atoms with Crippen LogP contribution in [0.25, 0.3) is 11.4 Å². The molecule has 0 fully saturated rings. The Bertz CT molecular complexity index is 1050. The van der Waals surface area contributed by atoms with Gasteiger partial charge in [-0.2, -0.15) is 0 Å². The Kier molecular flexibility index (Phi) is 9.86. The normalized spacial score (nSPS) is 10.8. The van der Waals surface area contributed by atoms with Gasteiger partial charge < -0.3 is 24.1 Å². The molecule has 0 unspecified atom stereocenters. The molecule has 0 aliphatic heterocycles. The fourth-order valence-corrected chi connectivity index (χ4v) is 4.09. The van der Waals surface area contributed by atoms with Crippen LogP contribution in [0.15, 0.2) is 53.7 Å². The summed E-state index contributed by atoms with van der Waals surface area (Å²) in [6.45, 7) is 1.97. The van der Waals surface area contributed by atoms with Crippen LogP contribution in [0.4, 0.5) is 0 Å². The van der Waals surface area contributed by atoms with Gasteiger partial charge in [-0.3, -0.25) is 4.79 Å². The maximum atomic E-state index is 12.3. The van der Waals surface area contributed by atoms with E-state index in [2.05, 4.69) is 15.5 Å². The minimum atomic E-state index is -0.116. The van der Waals surface area contributed by atoms with Crippen LogP contribution in [-0.2, 0) is 16.1 Å². The molecule has 10 heteroatoms. The smallest absolute Gasteiger partial charge is 0.230 e. The summed E-state index contributed by atoms with van der Waals surface area (Å²) in [7, 11) is 3.26. The lowest BCUT2D eigenvalue weighted by Crippen LogP contribution is -2.29. The van der Waals surface area contributed by atoms with Crippen molar-refractivity contribution in [3.8, 4) is 22.9 Å². The highest BCUT2D eigenvalue weighted by molar-refractivity contribution is 7.99. The van der Waals surface area contributed by atoms with E-state index in [9.17, 15) is 4.79 Å². The van der Waals surface area contributed by atoms with E-state index >= 15 is 0 Å². The number of thioether (sulfide) groups is 1. The molecule has 0 bridgehead atoms. The topological polar surface area (TPSA) is 87.5 Å². The number of carbonyl (C=O) groups is 1. The van der Waals surface area contributed by atoms with Gasteiger partial charge in [0.2, 0.25) is 5.91 Å². The Balaban J connectivity index is 1.55. The number of carbonyl (C=O) groups excluding carboxylic acids is 1. The maximum Gasteiger partial charge on any atom is 0.230 e. The molecule has 1 aromatic heterocycles. The molecule has 33 heavy (non-hydrogen) atoms. The molecule has 0 saturated carbocycles. The molecule has 0 aliphatic carbocycles. The van der Waals surface area contributed by atoms with Crippen molar-refractivity contribution < 1.29 is 19.0 Å². The Morgan fingerprint density at radius 1 is 1.06 bits per heavy atom. The largest absolute Gasteiger partial charge is 0.493 e. The van der Waals surface area contributed by atoms with Crippen molar-refractivity contribution in [1.82, 2.24) is 20.1 Å². The Morgan fingerprint density at radius 3 is 2.58 bits per heavy atom. The van der Waals surface area contributed by atoms with Crippen LogP contribution < -0.4 is 14.8 Å². The van der Waals surface area contributed by atoms with Gasteiger partial charge in [0, 0.05) is 25.8 Å². The fraction of sp³-hybridized carbons (Fsp3) is 0.348. The molecule has 3 rings (SSSR count). The van der Waals surface area contributed by atoms with Crippen molar-refractivity contribution >= 4 is 29.3 Å². The predicted octanol–water partition coefficient (Wildman–Crippen LogP) is 3.93. The highest BCUT2D eigenvalue weighted by Crippen LogP contribution is 2.29. The number of hydrogen-bond acceptors (Lipinski definition) is 7. The van der Waals surface area contributed by atoms with Crippen LogP contribution in [0.5, 0.6) is 11.5 Å². The number of nitrogens with zero attached hydrogens (tertiary/aromatic N) is 3. The molecular weight excluding hydrogens is 464 g/mol. The van der Waals surface area contributed by atoms with Gasteiger partial charge >= 0.3 is 0 Å². The number of ether oxygens (including phenoxy) is 3. The summed E-state index contributed by atoms with van der Waals surface area (Å²) in [6.07, 6.45) is 0.784. The average Bonchev–Trinajstić information content (AvgIpc) is 3.23. The molecule has 0 spiro atoms. The minimum Gasteiger partial charge on any atom is -0.493 e. The molecule has 0 aliphatic rings. The number of halogens is 1. The van der Waals surface area contributed by atoms with Crippen molar-refractivity contribution in [2.45, 2.75) is 18.1 Å². The van der Waals surface area contributed by atoms with Gasteiger partial charge in [0.05, 0.1) is 24.4 Å². The molecule has 0 atom stereocenters. The van der Waals surface area contributed by atoms with Crippen LogP contribution in [0.3, 0.4) is 0 Å². The zero-order valence-corrected chi connectivity index (χ0v) is 20.2. The Labute approximate surface area is 202 Å². The summed E-state index contributed by atoms with van der Waals surface area (Å²) < 4.78 is 18.1. The lowest BCUT2D eigenvalue weighted by Gasteiger charge is -2.12. The van der Waals surface area contributed by atoms with Gasteiger partial charge in [-0.15, -0.1) is 10.2 Å². The zero-order chi connectivity index (χ0) is 23.5. The zero-order valence-electron chi connectivity index (χ0n) is 18.6. The van der Waals surface area contributed by atoms with E-state index < -0.39 is 0 Å². The number of aromatic nitrogens is 3. The second kappa shape index (κ2) is 13.1. The lowest BCUT2D eigenvalue weighted by molar-refractivity contribution is -0.118. The van der Waals surface area contributed by atoms with E-state index in [4.69, 9.17) is 25.8 Å². The van der Waals surface area contributed by atoms with Crippen molar-refractivity contribution in [2.75, 3.05) is 39.7 Å². The van der Waals surface area contributed by atoms with Crippen molar-refractivity contribution in [2.24, 2.45) is 0 Å². The van der Waals surface area contributed by atoms with E-state index in [1.165, 1.54) is 11.8 Å². The lowest BCUT2D eigenvalue weighted by atomic mass is 10.2. The van der Waals surface area contributed by atoms with Gasteiger partial charge in [-0.25, -0.2) is 0 Å². The van der Waals surface area contributed by atoms with E-state index in [1.807, 2.05) is 53.1 Å². The van der Waals surface area contributed by atoms with E-state index in [-0.39, 0.29) is 11.7 Å². The maximum absolute atomic E-state index is 12.3. The van der Waals surface area contributed by atoms with Crippen molar-refractivity contribution in [1.29, 1.82) is 0 Å². The van der Waals surface area contributed by atoms with Crippen LogP contribution in [0, 0.1) is 0 Å². The third-order valence-corrected chi connectivity index (χ3v) is 5.94. The molecule has 0 radical (unpaired) electrons. The molecule has 1 heterocycles. The fourth-order valence-electron chi connectivity index (χ4n) is 3.08. The van der Waals surface area contributed by atoms with E-state index in [0.717, 1.165) is 12.0 Å². The highest BCUT2D eigenvalue weighted by atomic mass is 35.5. The quantitative estimate of drug-likeness (QED) is 0.287. The Hall–Kier alpha value is -2.75. The second-order valence-corrected chi connectivity index (χ2v) is 8.27. The van der Waals surface area contributed by atoms with Gasteiger partial charge in [0.25, 0.3) is 0 Å². The molecule has 176 valence electrons. The van der Waals surface area contributed by atoms with E-state index in [1.54, 1.807) is 14.2 Å². The van der Waals surface area contributed by atoms with Crippen LogP contribution in [0.1, 0.15) is 6.42 Å². The summed E-state index contributed by atoms with van der Waals surface area (Å²) in [5.74, 6) is 2.06. The summed E-state index contributed by atoms with van der Waals surface area (Å²) in [4.78, 5) is 12.3. The number of amides is 1. The predicted molar refractivity (Wildman–Crippen MR) is 129 cm³/mol. The molecule has 2 aromatic carbocycles.